The molecule has 1 fully saturated rings. The number of halogens is 1. The van der Waals surface area contributed by atoms with Gasteiger partial charge in [-0.25, -0.2) is 4.79 Å². The van der Waals surface area contributed by atoms with Crippen LogP contribution in [0.15, 0.2) is 18.2 Å². The van der Waals surface area contributed by atoms with E-state index in [1.165, 1.54) is 0 Å². The molecule has 0 aromatic heterocycles. The van der Waals surface area contributed by atoms with Crippen molar-refractivity contribution in [1.82, 2.24) is 10.6 Å². The molecule has 22 heavy (non-hydrogen) atoms. The summed E-state index contributed by atoms with van der Waals surface area (Å²) in [4.78, 5) is 34.9. The number of carbonyl (C=O) groups is 3. The van der Waals surface area contributed by atoms with Gasteiger partial charge in [0.15, 0.2) is 0 Å². The first kappa shape index (κ1) is 16.3. The molecule has 2 rings (SSSR count). The Kier molecular flexibility index (Phi) is 5.03. The second-order valence-electron chi connectivity index (χ2n) is 5.40. The van der Waals surface area contributed by atoms with Crippen LogP contribution < -0.4 is 16.0 Å². The van der Waals surface area contributed by atoms with Gasteiger partial charge >= 0.3 is 6.03 Å². The van der Waals surface area contributed by atoms with Crippen LogP contribution in [-0.2, 0) is 9.59 Å². The molecular weight excluding hydrogens is 306 g/mol. The van der Waals surface area contributed by atoms with Crippen molar-refractivity contribution in [1.29, 1.82) is 0 Å². The minimum atomic E-state index is -0.491. The van der Waals surface area contributed by atoms with E-state index < -0.39 is 11.9 Å². The number of nitrogens with one attached hydrogen (secondary N) is 3. The molecule has 0 spiro atoms. The zero-order valence-electron chi connectivity index (χ0n) is 12.4. The normalized spacial score (nSPS) is 21.0. The number of anilines is 1. The van der Waals surface area contributed by atoms with Crippen LogP contribution in [0.5, 0.6) is 0 Å². The van der Waals surface area contributed by atoms with E-state index in [1.54, 1.807) is 25.1 Å². The molecule has 3 N–H and O–H groups in total. The number of hydrogen-bond acceptors (Lipinski definition) is 3. The summed E-state index contributed by atoms with van der Waals surface area (Å²) >= 11 is 5.87. The Labute approximate surface area is 133 Å². The Morgan fingerprint density at radius 1 is 1.36 bits per heavy atom. The highest BCUT2D eigenvalue weighted by Crippen LogP contribution is 2.21. The minimum Gasteiger partial charge on any atom is -0.335 e. The molecule has 4 amide bonds. The van der Waals surface area contributed by atoms with Crippen LogP contribution in [-0.4, -0.2) is 23.9 Å². The highest BCUT2D eigenvalue weighted by atomic mass is 35.5. The van der Waals surface area contributed by atoms with Gasteiger partial charge in [-0.15, -0.1) is 0 Å². The van der Waals surface area contributed by atoms with Gasteiger partial charge in [0.1, 0.15) is 0 Å². The quantitative estimate of drug-likeness (QED) is 0.794. The van der Waals surface area contributed by atoms with Gasteiger partial charge in [0.25, 0.3) is 0 Å². The van der Waals surface area contributed by atoms with Gasteiger partial charge in [-0.05, 0) is 44.0 Å². The fourth-order valence-corrected chi connectivity index (χ4v) is 2.65. The van der Waals surface area contributed by atoms with Gasteiger partial charge < -0.3 is 10.6 Å². The SMILES string of the molecule is Cc1cc(Cl)ccc1NC(=O)CCC1C(=O)NC(=O)NC1C. The second-order valence-corrected chi connectivity index (χ2v) is 5.84. The zero-order chi connectivity index (χ0) is 16.3. The Morgan fingerprint density at radius 3 is 2.73 bits per heavy atom. The Morgan fingerprint density at radius 2 is 2.09 bits per heavy atom. The summed E-state index contributed by atoms with van der Waals surface area (Å²) in [5, 5.41) is 8.25. The number of urea groups is 1. The fourth-order valence-electron chi connectivity index (χ4n) is 2.42. The van der Waals surface area contributed by atoms with Crippen LogP contribution in [0.3, 0.4) is 0 Å². The van der Waals surface area contributed by atoms with Gasteiger partial charge in [-0.1, -0.05) is 11.6 Å². The maximum atomic E-state index is 12.0. The highest BCUT2D eigenvalue weighted by molar-refractivity contribution is 6.30. The predicted octanol–water partition coefficient (Wildman–Crippen LogP) is 2.21. The molecular formula is C15H18ClN3O3. The molecule has 7 heteroatoms. The van der Waals surface area contributed by atoms with E-state index in [-0.39, 0.29) is 24.3 Å². The Balaban J connectivity index is 1.90. The third-order valence-electron chi connectivity index (χ3n) is 3.68. The molecule has 6 nitrogen and oxygen atoms in total. The molecule has 1 aliphatic rings. The van der Waals surface area contributed by atoms with Crippen molar-refractivity contribution in [2.75, 3.05) is 5.32 Å². The fraction of sp³-hybridized carbons (Fsp3) is 0.400. The molecule has 2 unspecified atom stereocenters. The average Bonchev–Trinajstić information content (AvgIpc) is 2.40. The van der Waals surface area contributed by atoms with Crippen molar-refractivity contribution >= 4 is 35.1 Å². The van der Waals surface area contributed by atoms with Crippen molar-refractivity contribution in [2.45, 2.75) is 32.7 Å². The van der Waals surface area contributed by atoms with Crippen LogP contribution in [0.4, 0.5) is 10.5 Å². The van der Waals surface area contributed by atoms with Crippen molar-refractivity contribution < 1.29 is 14.4 Å². The van der Waals surface area contributed by atoms with E-state index in [0.717, 1.165) is 5.56 Å². The summed E-state index contributed by atoms with van der Waals surface area (Å²) in [5.41, 5.74) is 1.57. The third kappa shape index (κ3) is 3.98. The Bertz CT molecular complexity index is 618. The van der Waals surface area contributed by atoms with Gasteiger partial charge in [-0.3, -0.25) is 14.9 Å². The monoisotopic (exact) mass is 323 g/mol. The first-order valence-corrected chi connectivity index (χ1v) is 7.42. The smallest absolute Gasteiger partial charge is 0.321 e. The number of benzene rings is 1. The van der Waals surface area contributed by atoms with Crippen LogP contribution in [0, 0.1) is 12.8 Å². The van der Waals surface area contributed by atoms with Crippen LogP contribution in [0.1, 0.15) is 25.3 Å². The van der Waals surface area contributed by atoms with Gasteiger partial charge in [-0.2, -0.15) is 0 Å². The molecule has 1 aliphatic heterocycles. The van der Waals surface area contributed by atoms with E-state index in [4.69, 9.17) is 11.6 Å². The standard InChI is InChI=1S/C15H18ClN3O3/c1-8-7-10(16)3-5-12(8)18-13(20)6-4-11-9(2)17-15(22)19-14(11)21/h3,5,7,9,11H,4,6H2,1-2H3,(H,18,20)(H2,17,19,21,22). The van der Waals surface area contributed by atoms with Gasteiger partial charge in [0.05, 0.1) is 5.92 Å². The van der Waals surface area contributed by atoms with Crippen LogP contribution in [0.25, 0.3) is 0 Å². The lowest BCUT2D eigenvalue weighted by molar-refractivity contribution is -0.126. The number of carbonyl (C=O) groups excluding carboxylic acids is 3. The molecule has 1 saturated heterocycles. The van der Waals surface area contributed by atoms with Crippen LogP contribution in [0.2, 0.25) is 5.02 Å². The molecule has 1 aromatic rings. The molecule has 0 radical (unpaired) electrons. The van der Waals surface area contributed by atoms with Crippen molar-refractivity contribution in [2.24, 2.45) is 5.92 Å². The number of hydrogen-bond donors (Lipinski definition) is 3. The molecule has 0 saturated carbocycles. The lowest BCUT2D eigenvalue weighted by Gasteiger charge is -2.28. The lowest BCUT2D eigenvalue weighted by atomic mass is 9.93. The summed E-state index contributed by atoms with van der Waals surface area (Å²) in [6.45, 7) is 3.61. The maximum Gasteiger partial charge on any atom is 0.321 e. The highest BCUT2D eigenvalue weighted by Gasteiger charge is 2.32. The van der Waals surface area contributed by atoms with Crippen molar-refractivity contribution in [3.8, 4) is 0 Å². The summed E-state index contributed by atoms with van der Waals surface area (Å²) in [6, 6.07) is 4.44. The number of imide groups is 1. The van der Waals surface area contributed by atoms with E-state index in [1.807, 2.05) is 6.92 Å². The Hall–Kier alpha value is -2.08. The summed E-state index contributed by atoms with van der Waals surface area (Å²) in [6.07, 6.45) is 0.562. The maximum absolute atomic E-state index is 12.0. The molecule has 0 aliphatic carbocycles. The summed E-state index contributed by atoms with van der Waals surface area (Å²) in [5.74, 6) is -0.927. The summed E-state index contributed by atoms with van der Waals surface area (Å²) in [7, 11) is 0. The number of aryl methyl sites for hydroxylation is 1. The van der Waals surface area contributed by atoms with Crippen LogP contribution >= 0.6 is 11.6 Å². The third-order valence-corrected chi connectivity index (χ3v) is 3.92. The number of amides is 4. The van der Waals surface area contributed by atoms with Gasteiger partial charge in [0, 0.05) is 23.2 Å². The van der Waals surface area contributed by atoms with Gasteiger partial charge in [0.2, 0.25) is 11.8 Å². The van der Waals surface area contributed by atoms with Crippen molar-refractivity contribution in [3.63, 3.8) is 0 Å². The summed E-state index contributed by atoms with van der Waals surface area (Å²) < 4.78 is 0. The first-order chi connectivity index (χ1) is 10.4. The molecule has 1 heterocycles. The zero-order valence-corrected chi connectivity index (χ0v) is 13.2. The molecule has 2 atom stereocenters. The molecule has 0 bridgehead atoms. The van der Waals surface area contributed by atoms with E-state index in [2.05, 4.69) is 16.0 Å². The van der Waals surface area contributed by atoms with E-state index in [0.29, 0.717) is 17.1 Å². The number of rotatable bonds is 4. The van der Waals surface area contributed by atoms with E-state index >= 15 is 0 Å². The minimum absolute atomic E-state index is 0.178. The van der Waals surface area contributed by atoms with E-state index in [9.17, 15) is 14.4 Å². The lowest BCUT2D eigenvalue weighted by Crippen LogP contribution is -2.57. The predicted molar refractivity (Wildman–Crippen MR) is 83.7 cm³/mol. The first-order valence-electron chi connectivity index (χ1n) is 7.04. The van der Waals surface area contributed by atoms with Crippen molar-refractivity contribution in [3.05, 3.63) is 28.8 Å². The molecule has 118 valence electrons. The topological polar surface area (TPSA) is 87.3 Å². The average molecular weight is 324 g/mol. The molecule has 1 aromatic carbocycles. The largest absolute Gasteiger partial charge is 0.335 e. The second kappa shape index (κ2) is 6.79.